The topological polar surface area (TPSA) is 61.8 Å². The molecule has 220 valence electrons. The van der Waals surface area contributed by atoms with Crippen LogP contribution in [0.4, 0.5) is 0 Å². The van der Waals surface area contributed by atoms with E-state index in [9.17, 15) is 9.59 Å². The summed E-state index contributed by atoms with van der Waals surface area (Å²) in [6.45, 7) is 15.8. The molecule has 2 aliphatic carbocycles. The average Bonchev–Trinajstić information content (AvgIpc) is 3.34. The second kappa shape index (κ2) is 12.0. The Kier molecular flexibility index (Phi) is 9.03. The van der Waals surface area contributed by atoms with E-state index in [0.29, 0.717) is 16.6 Å². The number of benzene rings is 2. The summed E-state index contributed by atoms with van der Waals surface area (Å²) in [6.07, 6.45) is 2.50. The van der Waals surface area contributed by atoms with Crippen LogP contribution in [0, 0.1) is 11.3 Å². The van der Waals surface area contributed by atoms with Crippen LogP contribution in [0.1, 0.15) is 77.8 Å². The van der Waals surface area contributed by atoms with Crippen LogP contribution in [0.3, 0.4) is 0 Å². The largest absolute Gasteiger partial charge is 0.545 e. The van der Waals surface area contributed by atoms with Gasteiger partial charge in [-0.2, -0.15) is 0 Å². The average molecular weight is 575 g/mol. The Hall–Kier alpha value is -3.12. The maximum absolute atomic E-state index is 13.8. The minimum Gasteiger partial charge on any atom is -0.545 e. The van der Waals surface area contributed by atoms with Crippen LogP contribution in [-0.4, -0.2) is 34.5 Å². The number of rotatable bonds is 9. The van der Waals surface area contributed by atoms with E-state index in [4.69, 9.17) is 13.9 Å². The van der Waals surface area contributed by atoms with Crippen LogP contribution in [0.5, 0.6) is 0 Å². The highest BCUT2D eigenvalue weighted by Gasteiger charge is 2.65. The van der Waals surface area contributed by atoms with E-state index in [2.05, 4.69) is 78.8 Å². The van der Waals surface area contributed by atoms with Crippen molar-refractivity contribution in [3.05, 3.63) is 94.8 Å². The lowest BCUT2D eigenvalue weighted by molar-refractivity contribution is -0.170. The minimum absolute atomic E-state index is 0.0295. The van der Waals surface area contributed by atoms with Crippen molar-refractivity contribution in [1.29, 1.82) is 0 Å². The molecule has 1 saturated carbocycles. The monoisotopic (exact) mass is 574 g/mol. The minimum atomic E-state index is -2.40. The van der Waals surface area contributed by atoms with Gasteiger partial charge in [-0.15, -0.1) is 0 Å². The summed E-state index contributed by atoms with van der Waals surface area (Å²) in [5, 5.41) is 0. The standard InChI is InChI=1S/C35H46O5Si/c1-22(2)41(23(3)4,24(5)6)40-30-20-28(26-16-12-10-13-17-26)25(7)29-21-35(33(36)38-8,34(37)39-9)32(31(29)30)27-18-14-11-15-19-27/h10-20,22-24,28,31-32H,21H2,1-9H3/t28-,31+,32+/m0/s1. The molecule has 2 aromatic carbocycles. The Balaban J connectivity index is 2.06. The van der Waals surface area contributed by atoms with Gasteiger partial charge in [0.25, 0.3) is 8.32 Å². The number of allylic oxidation sites excluding steroid dienone is 3. The van der Waals surface area contributed by atoms with Crippen molar-refractivity contribution in [2.24, 2.45) is 11.3 Å². The summed E-state index contributed by atoms with van der Waals surface area (Å²) in [4.78, 5) is 27.7. The maximum atomic E-state index is 13.8. The molecule has 0 aromatic heterocycles. The molecule has 2 aromatic rings. The molecule has 6 heteroatoms. The van der Waals surface area contributed by atoms with Gasteiger partial charge in [-0.3, -0.25) is 9.59 Å². The van der Waals surface area contributed by atoms with Crippen LogP contribution in [-0.2, 0) is 23.5 Å². The van der Waals surface area contributed by atoms with Crippen molar-refractivity contribution in [2.75, 3.05) is 14.2 Å². The van der Waals surface area contributed by atoms with Crippen LogP contribution in [0.25, 0.3) is 0 Å². The molecule has 0 heterocycles. The third kappa shape index (κ3) is 4.98. The summed E-state index contributed by atoms with van der Waals surface area (Å²) in [5.41, 5.74) is 3.82. The van der Waals surface area contributed by atoms with Gasteiger partial charge in [0.2, 0.25) is 0 Å². The van der Waals surface area contributed by atoms with Gasteiger partial charge in [0.15, 0.2) is 5.41 Å². The van der Waals surface area contributed by atoms with Gasteiger partial charge in [0.05, 0.1) is 20.0 Å². The second-order valence-corrected chi connectivity index (χ2v) is 18.0. The number of carbonyl (C=O) groups is 2. The molecule has 2 aliphatic rings. The zero-order valence-corrected chi connectivity index (χ0v) is 27.1. The van der Waals surface area contributed by atoms with E-state index < -0.39 is 31.6 Å². The predicted octanol–water partition coefficient (Wildman–Crippen LogP) is 8.31. The second-order valence-electron chi connectivity index (χ2n) is 12.6. The van der Waals surface area contributed by atoms with Crippen molar-refractivity contribution in [3.63, 3.8) is 0 Å². The first-order chi connectivity index (χ1) is 19.5. The molecule has 0 bridgehead atoms. The third-order valence-corrected chi connectivity index (χ3v) is 15.7. The normalized spacial score (nSPS) is 22.0. The highest BCUT2D eigenvalue weighted by atomic mass is 28.4. The van der Waals surface area contributed by atoms with Gasteiger partial charge in [-0.25, -0.2) is 0 Å². The van der Waals surface area contributed by atoms with Crippen LogP contribution in [0.15, 0.2) is 83.6 Å². The van der Waals surface area contributed by atoms with Crippen molar-refractivity contribution in [3.8, 4) is 0 Å². The van der Waals surface area contributed by atoms with Gasteiger partial charge >= 0.3 is 11.9 Å². The summed E-state index contributed by atoms with van der Waals surface area (Å²) < 4.78 is 18.3. The number of fused-ring (bicyclic) bond motifs is 1. The molecule has 0 aliphatic heterocycles. The Labute approximate surface area is 247 Å². The maximum Gasteiger partial charge on any atom is 0.324 e. The highest BCUT2D eigenvalue weighted by Crippen LogP contribution is 2.63. The van der Waals surface area contributed by atoms with Gasteiger partial charge in [-0.1, -0.05) is 113 Å². The molecule has 1 fully saturated rings. The number of hydrogen-bond acceptors (Lipinski definition) is 5. The predicted molar refractivity (Wildman–Crippen MR) is 166 cm³/mol. The van der Waals surface area contributed by atoms with E-state index in [1.165, 1.54) is 14.2 Å². The molecule has 0 N–H and O–H groups in total. The molecule has 4 rings (SSSR count). The lowest BCUT2D eigenvalue weighted by Crippen LogP contribution is -2.49. The SMILES string of the molecule is COC(=O)C1(C(=O)OC)CC2=C(C)[C@@H](c3ccccc3)C=C(O[Si](C(C)C)(C(C)C)C(C)C)[C@@H]2[C@H]1c1ccccc1. The molecule has 0 unspecified atom stereocenters. The number of carbonyl (C=O) groups excluding carboxylic acids is 2. The highest BCUT2D eigenvalue weighted by molar-refractivity contribution is 6.77. The van der Waals surface area contributed by atoms with Crippen LogP contribution in [0.2, 0.25) is 16.6 Å². The number of hydrogen-bond donors (Lipinski definition) is 0. The fraction of sp³-hybridized carbons (Fsp3) is 0.486. The molecule has 0 spiro atoms. The molecule has 0 amide bonds. The molecule has 5 nitrogen and oxygen atoms in total. The molecule has 41 heavy (non-hydrogen) atoms. The quantitative estimate of drug-likeness (QED) is 0.130. The smallest absolute Gasteiger partial charge is 0.324 e. The summed E-state index contributed by atoms with van der Waals surface area (Å²) in [5.74, 6) is -1.11. The molecular formula is C35H46O5Si. The van der Waals surface area contributed by atoms with Crippen molar-refractivity contribution in [2.45, 2.75) is 83.3 Å². The summed E-state index contributed by atoms with van der Waals surface area (Å²) >= 11 is 0. The van der Waals surface area contributed by atoms with Gasteiger partial charge in [0.1, 0.15) is 0 Å². The van der Waals surface area contributed by atoms with Crippen molar-refractivity contribution in [1.82, 2.24) is 0 Å². The third-order valence-electron chi connectivity index (χ3n) is 9.74. The van der Waals surface area contributed by atoms with Crippen molar-refractivity contribution >= 4 is 20.3 Å². The van der Waals surface area contributed by atoms with Gasteiger partial charge < -0.3 is 13.9 Å². The van der Waals surface area contributed by atoms with Crippen LogP contribution < -0.4 is 0 Å². The van der Waals surface area contributed by atoms with E-state index in [1.54, 1.807) is 0 Å². The zero-order valence-electron chi connectivity index (χ0n) is 26.1. The fourth-order valence-electron chi connectivity index (χ4n) is 7.96. The Morgan fingerprint density at radius 3 is 1.68 bits per heavy atom. The van der Waals surface area contributed by atoms with E-state index in [0.717, 1.165) is 28.0 Å². The van der Waals surface area contributed by atoms with Crippen LogP contribution >= 0.6 is 0 Å². The first-order valence-corrected chi connectivity index (χ1v) is 17.0. The van der Waals surface area contributed by atoms with E-state index >= 15 is 0 Å². The van der Waals surface area contributed by atoms with E-state index in [-0.39, 0.29) is 18.3 Å². The fourth-order valence-corrected chi connectivity index (χ4v) is 13.3. The Morgan fingerprint density at radius 2 is 1.24 bits per heavy atom. The Bertz CT molecular complexity index is 1270. The Morgan fingerprint density at radius 1 is 0.780 bits per heavy atom. The number of methoxy groups -OCH3 is 2. The molecule has 0 radical (unpaired) electrons. The lowest BCUT2D eigenvalue weighted by Gasteiger charge is -2.46. The molecule has 3 atom stereocenters. The zero-order chi connectivity index (χ0) is 30.1. The van der Waals surface area contributed by atoms with Crippen molar-refractivity contribution < 1.29 is 23.5 Å². The number of esters is 2. The lowest BCUT2D eigenvalue weighted by atomic mass is 9.70. The van der Waals surface area contributed by atoms with Gasteiger partial charge in [0, 0.05) is 17.8 Å². The first kappa shape index (κ1) is 30.8. The molecule has 0 saturated heterocycles. The first-order valence-electron chi connectivity index (χ1n) is 14.8. The number of ether oxygens (including phenoxy) is 2. The van der Waals surface area contributed by atoms with E-state index in [1.807, 2.05) is 36.4 Å². The van der Waals surface area contributed by atoms with Gasteiger partial charge in [-0.05, 0) is 47.2 Å². The molecular weight excluding hydrogens is 528 g/mol. The summed E-state index contributed by atoms with van der Waals surface area (Å²) in [6, 6.07) is 20.3. The summed E-state index contributed by atoms with van der Waals surface area (Å²) in [7, 11) is 0.309.